The van der Waals surface area contributed by atoms with E-state index in [1.807, 2.05) is 65.5 Å². The van der Waals surface area contributed by atoms with Gasteiger partial charge in [-0.2, -0.15) is 0 Å². The zero-order chi connectivity index (χ0) is 15.6. The number of imidazole rings is 1. The third-order valence-corrected chi connectivity index (χ3v) is 3.96. The van der Waals surface area contributed by atoms with Crippen LogP contribution in [-0.2, 0) is 6.42 Å². The van der Waals surface area contributed by atoms with Gasteiger partial charge in [-0.25, -0.2) is 9.67 Å². The Morgan fingerprint density at radius 3 is 2.65 bits per heavy atom. The second-order valence-electron chi connectivity index (χ2n) is 5.70. The van der Waals surface area contributed by atoms with Gasteiger partial charge in [-0.1, -0.05) is 47.7 Å². The Morgan fingerprint density at radius 2 is 1.83 bits per heavy atom. The van der Waals surface area contributed by atoms with Gasteiger partial charge in [0.1, 0.15) is 11.5 Å². The zero-order valence-electron chi connectivity index (χ0n) is 12.8. The number of nitrogens with one attached hydrogen (secondary N) is 1. The van der Waals surface area contributed by atoms with Gasteiger partial charge >= 0.3 is 0 Å². The van der Waals surface area contributed by atoms with E-state index in [1.54, 1.807) is 0 Å². The monoisotopic (exact) mass is 303 g/mol. The largest absolute Gasteiger partial charge is 0.342 e. The first-order chi connectivity index (χ1) is 11.3. The molecule has 1 unspecified atom stereocenters. The van der Waals surface area contributed by atoms with Crippen LogP contribution in [0, 0.1) is 0 Å². The molecule has 0 saturated carbocycles. The Balaban J connectivity index is 1.55. The molecule has 0 radical (unpaired) electrons. The quantitative estimate of drug-likeness (QED) is 0.626. The van der Waals surface area contributed by atoms with Gasteiger partial charge in [0.05, 0.1) is 23.3 Å². The van der Waals surface area contributed by atoms with E-state index in [2.05, 4.69) is 27.2 Å². The molecule has 1 N–H and O–H groups in total. The van der Waals surface area contributed by atoms with Gasteiger partial charge in [0.15, 0.2) is 0 Å². The van der Waals surface area contributed by atoms with Gasteiger partial charge in [0.2, 0.25) is 0 Å². The van der Waals surface area contributed by atoms with Crippen molar-refractivity contribution in [2.75, 3.05) is 0 Å². The van der Waals surface area contributed by atoms with Crippen molar-refractivity contribution in [2.24, 2.45) is 0 Å². The lowest BCUT2D eigenvalue weighted by atomic mass is 10.2. The maximum atomic E-state index is 4.63. The first kappa shape index (κ1) is 13.7. The highest BCUT2D eigenvalue weighted by atomic mass is 15.4. The third kappa shape index (κ3) is 2.73. The minimum absolute atomic E-state index is 0.181. The Kier molecular flexibility index (Phi) is 3.38. The maximum Gasteiger partial charge on any atom is 0.113 e. The molecule has 23 heavy (non-hydrogen) atoms. The molecular weight excluding hydrogens is 286 g/mol. The molecule has 114 valence electrons. The molecule has 5 nitrogen and oxygen atoms in total. The van der Waals surface area contributed by atoms with Crippen molar-refractivity contribution in [3.05, 3.63) is 66.6 Å². The fourth-order valence-electron chi connectivity index (χ4n) is 2.71. The zero-order valence-corrected chi connectivity index (χ0v) is 12.8. The highest BCUT2D eigenvalue weighted by Crippen LogP contribution is 2.19. The number of hydrogen-bond donors (Lipinski definition) is 1. The van der Waals surface area contributed by atoms with E-state index in [4.69, 9.17) is 0 Å². The van der Waals surface area contributed by atoms with Gasteiger partial charge < -0.3 is 4.98 Å². The molecule has 0 spiro atoms. The minimum Gasteiger partial charge on any atom is -0.342 e. The molecule has 0 aliphatic carbocycles. The van der Waals surface area contributed by atoms with E-state index in [0.29, 0.717) is 0 Å². The van der Waals surface area contributed by atoms with Crippen LogP contribution in [0.15, 0.2) is 60.8 Å². The molecule has 2 aromatic carbocycles. The minimum atomic E-state index is 0.181. The summed E-state index contributed by atoms with van der Waals surface area (Å²) in [6.07, 6.45) is 2.77. The predicted octanol–water partition coefficient (Wildman–Crippen LogP) is 3.63. The lowest BCUT2D eigenvalue weighted by Gasteiger charge is -2.08. The van der Waals surface area contributed by atoms with Crippen LogP contribution in [0.25, 0.3) is 22.3 Å². The summed E-state index contributed by atoms with van der Waals surface area (Å²) in [6, 6.07) is 18.3. The molecule has 2 aromatic heterocycles. The van der Waals surface area contributed by atoms with Crippen molar-refractivity contribution in [3.8, 4) is 11.3 Å². The van der Waals surface area contributed by atoms with Crippen molar-refractivity contribution in [1.82, 2.24) is 25.0 Å². The SMILES string of the molecule is CC(Cc1nc2ccccc2[nH]1)n1cc(-c2ccccc2)nn1. The lowest BCUT2D eigenvalue weighted by molar-refractivity contribution is 0.467. The summed E-state index contributed by atoms with van der Waals surface area (Å²) in [7, 11) is 0. The van der Waals surface area contributed by atoms with Gasteiger partial charge in [-0.15, -0.1) is 5.10 Å². The standard InChI is InChI=1S/C18H17N5/c1-13(11-18-19-15-9-5-6-10-16(15)20-18)23-12-17(21-22-23)14-7-3-2-4-8-14/h2-10,12-13H,11H2,1H3,(H,19,20). The first-order valence-corrected chi connectivity index (χ1v) is 7.70. The molecule has 1 atom stereocenters. The average Bonchev–Trinajstić information content (AvgIpc) is 3.22. The van der Waals surface area contributed by atoms with E-state index >= 15 is 0 Å². The van der Waals surface area contributed by atoms with Crippen molar-refractivity contribution in [2.45, 2.75) is 19.4 Å². The van der Waals surface area contributed by atoms with Crippen LogP contribution in [0.1, 0.15) is 18.8 Å². The van der Waals surface area contributed by atoms with Gasteiger partial charge in [-0.3, -0.25) is 0 Å². The molecular formula is C18H17N5. The third-order valence-electron chi connectivity index (χ3n) is 3.96. The van der Waals surface area contributed by atoms with Crippen LogP contribution < -0.4 is 0 Å². The predicted molar refractivity (Wildman–Crippen MR) is 90.0 cm³/mol. The number of benzene rings is 2. The number of aromatic nitrogens is 5. The van der Waals surface area contributed by atoms with Crippen LogP contribution in [0.2, 0.25) is 0 Å². The van der Waals surface area contributed by atoms with Crippen molar-refractivity contribution < 1.29 is 0 Å². The average molecular weight is 303 g/mol. The van der Waals surface area contributed by atoms with E-state index in [1.165, 1.54) is 0 Å². The number of hydrogen-bond acceptors (Lipinski definition) is 3. The van der Waals surface area contributed by atoms with Crippen molar-refractivity contribution in [1.29, 1.82) is 0 Å². The van der Waals surface area contributed by atoms with Crippen LogP contribution in [0.5, 0.6) is 0 Å². The second-order valence-corrected chi connectivity index (χ2v) is 5.70. The summed E-state index contributed by atoms with van der Waals surface area (Å²) in [5.41, 5.74) is 4.04. The smallest absolute Gasteiger partial charge is 0.113 e. The second kappa shape index (κ2) is 5.68. The molecule has 0 saturated heterocycles. The lowest BCUT2D eigenvalue weighted by Crippen LogP contribution is -2.09. The number of H-pyrrole nitrogens is 1. The Morgan fingerprint density at radius 1 is 1.04 bits per heavy atom. The molecule has 0 aliphatic rings. The summed E-state index contributed by atoms with van der Waals surface area (Å²) < 4.78 is 1.90. The molecule has 5 heteroatoms. The highest BCUT2D eigenvalue weighted by Gasteiger charge is 2.12. The van der Waals surface area contributed by atoms with Gasteiger partial charge in [0.25, 0.3) is 0 Å². The topological polar surface area (TPSA) is 59.4 Å². The first-order valence-electron chi connectivity index (χ1n) is 7.70. The summed E-state index contributed by atoms with van der Waals surface area (Å²) in [5, 5.41) is 8.54. The van der Waals surface area contributed by atoms with E-state index < -0.39 is 0 Å². The Bertz CT molecular complexity index is 890. The summed E-state index contributed by atoms with van der Waals surface area (Å²) in [4.78, 5) is 7.99. The number of aromatic amines is 1. The van der Waals surface area contributed by atoms with Gasteiger partial charge in [-0.05, 0) is 19.1 Å². The molecule has 0 fully saturated rings. The molecule has 4 aromatic rings. The fraction of sp³-hybridized carbons (Fsp3) is 0.167. The van der Waals surface area contributed by atoms with Crippen LogP contribution in [0.4, 0.5) is 0 Å². The molecule has 0 amide bonds. The Labute approximate surface area is 134 Å². The molecule has 4 rings (SSSR count). The van der Waals surface area contributed by atoms with E-state index in [-0.39, 0.29) is 6.04 Å². The maximum absolute atomic E-state index is 4.63. The van der Waals surface area contributed by atoms with Crippen LogP contribution in [0.3, 0.4) is 0 Å². The van der Waals surface area contributed by atoms with Crippen molar-refractivity contribution >= 4 is 11.0 Å². The molecule has 2 heterocycles. The molecule has 0 aliphatic heterocycles. The molecule has 0 bridgehead atoms. The fourth-order valence-corrected chi connectivity index (χ4v) is 2.71. The normalized spacial score (nSPS) is 12.6. The summed E-state index contributed by atoms with van der Waals surface area (Å²) in [6.45, 7) is 2.12. The van der Waals surface area contributed by atoms with E-state index in [9.17, 15) is 0 Å². The number of para-hydroxylation sites is 2. The van der Waals surface area contributed by atoms with Crippen molar-refractivity contribution in [3.63, 3.8) is 0 Å². The van der Waals surface area contributed by atoms with Crippen LogP contribution in [-0.4, -0.2) is 25.0 Å². The highest BCUT2D eigenvalue weighted by molar-refractivity contribution is 5.74. The Hall–Kier alpha value is -2.95. The number of nitrogens with zero attached hydrogens (tertiary/aromatic N) is 4. The number of fused-ring (bicyclic) bond motifs is 1. The summed E-state index contributed by atoms with van der Waals surface area (Å²) >= 11 is 0. The van der Waals surface area contributed by atoms with Gasteiger partial charge in [0, 0.05) is 12.0 Å². The van der Waals surface area contributed by atoms with Crippen LogP contribution >= 0.6 is 0 Å². The summed E-state index contributed by atoms with van der Waals surface area (Å²) in [5.74, 6) is 0.968. The number of rotatable bonds is 4. The van der Waals surface area contributed by atoms with E-state index in [0.717, 1.165) is 34.5 Å².